The van der Waals surface area contributed by atoms with Gasteiger partial charge in [-0.3, -0.25) is 14.5 Å². The Morgan fingerprint density at radius 1 is 0.923 bits per heavy atom. The van der Waals surface area contributed by atoms with Crippen molar-refractivity contribution < 1.29 is 18.0 Å². The third-order valence-corrected chi connectivity index (χ3v) is 10.6. The van der Waals surface area contributed by atoms with Crippen molar-refractivity contribution >= 4 is 56.6 Å². The zero-order valence-corrected chi connectivity index (χ0v) is 24.8. The molecular formula is C27H31Cl3N4O4S. The van der Waals surface area contributed by atoms with Crippen LogP contribution >= 0.6 is 34.8 Å². The van der Waals surface area contributed by atoms with Crippen molar-refractivity contribution in [3.63, 3.8) is 0 Å². The smallest absolute Gasteiger partial charge is 0.246 e. The van der Waals surface area contributed by atoms with E-state index in [0.717, 1.165) is 18.4 Å². The van der Waals surface area contributed by atoms with Gasteiger partial charge < -0.3 is 9.80 Å². The van der Waals surface area contributed by atoms with Gasteiger partial charge in [0.1, 0.15) is 23.1 Å². The molecule has 8 nitrogen and oxygen atoms in total. The van der Waals surface area contributed by atoms with Crippen molar-refractivity contribution in [3.8, 4) is 0 Å². The standard InChI is InChI=1S/C27H31Cl3N4O4S/c1-17(2)32-16-25-33(39(37,38)24-9-8-20(29)14-21(24)30)15-23(31-10-3-4-11-31)27(36)34(25)22(26(32)35)13-18-6-5-7-19(28)12-18/h5-9,12,14,17,22-23,25H,3-4,10-11,13,15-16H2,1-2H3. The van der Waals surface area contributed by atoms with E-state index < -0.39 is 28.3 Å². The van der Waals surface area contributed by atoms with E-state index in [2.05, 4.69) is 0 Å². The summed E-state index contributed by atoms with van der Waals surface area (Å²) >= 11 is 18.7. The fraction of sp³-hybridized carbons (Fsp3) is 0.481. The Bertz CT molecular complexity index is 1380. The first-order chi connectivity index (χ1) is 18.5. The molecule has 0 N–H and O–H groups in total. The minimum atomic E-state index is -4.17. The highest BCUT2D eigenvalue weighted by Crippen LogP contribution is 2.36. The van der Waals surface area contributed by atoms with E-state index in [1.54, 1.807) is 23.1 Å². The zero-order valence-electron chi connectivity index (χ0n) is 21.8. The lowest BCUT2D eigenvalue weighted by atomic mass is 9.96. The van der Waals surface area contributed by atoms with Gasteiger partial charge in [0.25, 0.3) is 0 Å². The van der Waals surface area contributed by atoms with Crippen molar-refractivity contribution in [2.75, 3.05) is 26.2 Å². The summed E-state index contributed by atoms with van der Waals surface area (Å²) in [6, 6.07) is 9.66. The largest absolute Gasteiger partial charge is 0.335 e. The number of halogens is 3. The normalized spacial score (nSPS) is 25.0. The second-order valence-electron chi connectivity index (χ2n) is 10.6. The second-order valence-corrected chi connectivity index (χ2v) is 13.7. The number of hydrogen-bond acceptors (Lipinski definition) is 5. The summed E-state index contributed by atoms with van der Waals surface area (Å²) in [5.74, 6) is -0.433. The average Bonchev–Trinajstić information content (AvgIpc) is 3.40. The molecule has 3 heterocycles. The van der Waals surface area contributed by atoms with Crippen LogP contribution in [0.25, 0.3) is 0 Å². The molecule has 12 heteroatoms. The van der Waals surface area contributed by atoms with E-state index in [1.807, 2.05) is 24.8 Å². The van der Waals surface area contributed by atoms with Gasteiger partial charge in [-0.15, -0.1) is 0 Å². The first kappa shape index (κ1) is 28.6. The van der Waals surface area contributed by atoms with Gasteiger partial charge in [-0.25, -0.2) is 8.42 Å². The summed E-state index contributed by atoms with van der Waals surface area (Å²) in [5.41, 5.74) is 0.788. The fourth-order valence-electron chi connectivity index (χ4n) is 5.88. The number of likely N-dealkylation sites (tertiary alicyclic amines) is 1. The zero-order chi connectivity index (χ0) is 28.1. The highest BCUT2D eigenvalue weighted by Gasteiger charge is 2.55. The third kappa shape index (κ3) is 5.42. The van der Waals surface area contributed by atoms with E-state index in [0.29, 0.717) is 23.1 Å². The molecular weight excluding hydrogens is 583 g/mol. The van der Waals surface area contributed by atoms with Crippen LogP contribution in [-0.4, -0.2) is 89.7 Å². The van der Waals surface area contributed by atoms with Gasteiger partial charge in [0, 0.05) is 29.1 Å². The Morgan fingerprint density at radius 2 is 1.62 bits per heavy atom. The van der Waals surface area contributed by atoms with Gasteiger partial charge in [-0.2, -0.15) is 4.31 Å². The number of benzene rings is 2. The number of carbonyl (C=O) groups is 2. The van der Waals surface area contributed by atoms with E-state index in [4.69, 9.17) is 34.8 Å². The molecule has 210 valence electrons. The lowest BCUT2D eigenvalue weighted by Crippen LogP contribution is -2.76. The SMILES string of the molecule is CC(C)N1CC2N(C(=O)C(N3CCCC3)CN2S(=O)(=O)c2ccc(Cl)cc2Cl)C(Cc2cccc(Cl)c2)C1=O. The highest BCUT2D eigenvalue weighted by atomic mass is 35.5. The van der Waals surface area contributed by atoms with Crippen LogP contribution in [-0.2, 0) is 26.0 Å². The van der Waals surface area contributed by atoms with Gasteiger partial charge in [-0.05, 0) is 75.7 Å². The molecule has 3 aliphatic heterocycles. The topological polar surface area (TPSA) is 81.2 Å². The fourth-order valence-corrected chi connectivity index (χ4v) is 8.41. The van der Waals surface area contributed by atoms with Crippen LogP contribution in [0.15, 0.2) is 47.4 Å². The van der Waals surface area contributed by atoms with Crippen LogP contribution in [0, 0.1) is 0 Å². The molecule has 0 aliphatic carbocycles. The van der Waals surface area contributed by atoms with Crippen LogP contribution < -0.4 is 0 Å². The van der Waals surface area contributed by atoms with Crippen LogP contribution in [0.2, 0.25) is 15.1 Å². The van der Waals surface area contributed by atoms with Crippen molar-refractivity contribution in [1.29, 1.82) is 0 Å². The van der Waals surface area contributed by atoms with Crippen LogP contribution in [0.3, 0.4) is 0 Å². The maximum atomic E-state index is 14.2. The van der Waals surface area contributed by atoms with E-state index in [1.165, 1.54) is 27.4 Å². The number of hydrogen-bond donors (Lipinski definition) is 0. The van der Waals surface area contributed by atoms with Crippen LogP contribution in [0.4, 0.5) is 0 Å². The first-order valence-electron chi connectivity index (χ1n) is 13.1. The highest BCUT2D eigenvalue weighted by molar-refractivity contribution is 7.89. The number of carbonyl (C=O) groups excluding carboxylic acids is 2. The maximum Gasteiger partial charge on any atom is 0.246 e. The number of rotatable bonds is 6. The van der Waals surface area contributed by atoms with Gasteiger partial charge in [0.15, 0.2) is 0 Å². The number of piperazine rings is 1. The Kier molecular flexibility index (Phi) is 8.21. The van der Waals surface area contributed by atoms with Crippen molar-refractivity contribution in [1.82, 2.24) is 19.0 Å². The summed E-state index contributed by atoms with van der Waals surface area (Å²) in [5, 5.41) is 0.849. The molecule has 0 spiro atoms. The summed E-state index contributed by atoms with van der Waals surface area (Å²) in [7, 11) is -4.17. The maximum absolute atomic E-state index is 14.2. The minimum Gasteiger partial charge on any atom is -0.335 e. The quantitative estimate of drug-likeness (QED) is 0.490. The second kappa shape index (κ2) is 11.2. The molecule has 3 fully saturated rings. The summed E-state index contributed by atoms with van der Waals surface area (Å²) in [6.07, 6.45) is 1.18. The molecule has 5 rings (SSSR count). The van der Waals surface area contributed by atoms with Crippen LogP contribution in [0.5, 0.6) is 0 Å². The molecule has 2 amide bonds. The van der Waals surface area contributed by atoms with Gasteiger partial charge in [-0.1, -0.05) is 46.9 Å². The molecule has 39 heavy (non-hydrogen) atoms. The number of nitrogens with zero attached hydrogens (tertiary/aromatic N) is 4. The molecule has 2 aromatic rings. The summed E-state index contributed by atoms with van der Waals surface area (Å²) in [6.45, 7) is 5.19. The van der Waals surface area contributed by atoms with Crippen LogP contribution in [0.1, 0.15) is 32.3 Å². The third-order valence-electron chi connectivity index (χ3n) is 7.81. The molecule has 3 unspecified atom stereocenters. The van der Waals surface area contributed by atoms with Gasteiger partial charge >= 0.3 is 0 Å². The molecule has 3 atom stereocenters. The first-order valence-corrected chi connectivity index (χ1v) is 15.6. The lowest BCUT2D eigenvalue weighted by molar-refractivity contribution is -0.171. The summed E-state index contributed by atoms with van der Waals surface area (Å²) < 4.78 is 29.8. The van der Waals surface area contributed by atoms with Crippen molar-refractivity contribution in [3.05, 3.63) is 63.1 Å². The van der Waals surface area contributed by atoms with E-state index in [-0.39, 0.29) is 47.3 Å². The van der Waals surface area contributed by atoms with Gasteiger partial charge in [0.05, 0.1) is 11.6 Å². The average molecular weight is 614 g/mol. The Balaban J connectivity index is 1.63. The lowest BCUT2D eigenvalue weighted by Gasteiger charge is -2.55. The van der Waals surface area contributed by atoms with E-state index in [9.17, 15) is 18.0 Å². The predicted octanol–water partition coefficient (Wildman–Crippen LogP) is 4.13. The Hall–Kier alpha value is -1.88. The monoisotopic (exact) mass is 612 g/mol. The van der Waals surface area contributed by atoms with Crippen molar-refractivity contribution in [2.24, 2.45) is 0 Å². The number of fused-ring (bicyclic) bond motifs is 1. The predicted molar refractivity (Wildman–Crippen MR) is 151 cm³/mol. The molecule has 3 saturated heterocycles. The minimum absolute atomic E-state index is 0.00625. The number of sulfonamides is 1. The number of amides is 2. The molecule has 3 aliphatic rings. The van der Waals surface area contributed by atoms with E-state index >= 15 is 0 Å². The Morgan fingerprint density at radius 3 is 2.26 bits per heavy atom. The molecule has 0 aromatic heterocycles. The molecule has 2 aromatic carbocycles. The Labute approximate surface area is 244 Å². The van der Waals surface area contributed by atoms with Gasteiger partial charge in [0.2, 0.25) is 21.8 Å². The molecule has 0 saturated carbocycles. The summed E-state index contributed by atoms with van der Waals surface area (Å²) in [4.78, 5) is 33.2. The van der Waals surface area contributed by atoms with Crippen molar-refractivity contribution in [2.45, 2.75) is 62.3 Å². The molecule has 0 radical (unpaired) electrons. The molecule has 0 bridgehead atoms.